The molecule has 0 saturated heterocycles. The Morgan fingerprint density at radius 3 is 2.63 bits per heavy atom. The Morgan fingerprint density at radius 2 is 1.95 bits per heavy atom. The van der Waals surface area contributed by atoms with Gasteiger partial charge in [0.2, 0.25) is 0 Å². The quantitative estimate of drug-likeness (QED) is 0.818. The van der Waals surface area contributed by atoms with Gasteiger partial charge in [0.1, 0.15) is 0 Å². The van der Waals surface area contributed by atoms with Crippen LogP contribution in [0.5, 0.6) is 0 Å². The maximum Gasteiger partial charge on any atom is 0.0207 e. The van der Waals surface area contributed by atoms with Gasteiger partial charge in [-0.2, -0.15) is 0 Å². The normalized spacial score (nSPS) is 30.1. The number of benzene rings is 1. The Bertz CT molecular complexity index is 421. The minimum Gasteiger partial charge on any atom is -0.313 e. The summed E-state index contributed by atoms with van der Waals surface area (Å²) in [5.41, 5.74) is 1.46. The van der Waals surface area contributed by atoms with Crippen LogP contribution in [0.1, 0.15) is 38.2 Å². The van der Waals surface area contributed by atoms with Crippen LogP contribution in [0.3, 0.4) is 0 Å². The van der Waals surface area contributed by atoms with Crippen molar-refractivity contribution in [3.05, 3.63) is 34.3 Å². The number of nitrogens with one attached hydrogen (secondary N) is 1. The molecule has 2 fully saturated rings. The monoisotopic (exact) mass is 321 g/mol. The van der Waals surface area contributed by atoms with E-state index in [4.69, 9.17) is 0 Å². The molecule has 1 aromatic rings. The Morgan fingerprint density at radius 1 is 1.21 bits per heavy atom. The highest BCUT2D eigenvalue weighted by molar-refractivity contribution is 9.10. The van der Waals surface area contributed by atoms with Gasteiger partial charge in [-0.1, -0.05) is 41.1 Å². The standard InChI is InChI=1S/C17H24BrN/c1-2-7-19-17(15-9-13-8-14(13)10-15)11-12-5-3-4-6-16(12)18/h3-6,13-15,17,19H,2,7-11H2,1H3. The molecule has 0 aliphatic heterocycles. The molecule has 0 radical (unpaired) electrons. The third kappa shape index (κ3) is 3.22. The first-order valence-corrected chi connectivity index (χ1v) is 8.54. The van der Waals surface area contributed by atoms with Gasteiger partial charge in [-0.15, -0.1) is 0 Å². The third-order valence-electron chi connectivity index (χ3n) is 4.90. The van der Waals surface area contributed by atoms with Crippen LogP contribution in [0.15, 0.2) is 28.7 Å². The summed E-state index contributed by atoms with van der Waals surface area (Å²) < 4.78 is 1.27. The molecule has 2 saturated carbocycles. The van der Waals surface area contributed by atoms with Gasteiger partial charge in [0.25, 0.3) is 0 Å². The van der Waals surface area contributed by atoms with E-state index in [1.807, 2.05) is 0 Å². The molecule has 2 heteroatoms. The van der Waals surface area contributed by atoms with Crippen LogP contribution >= 0.6 is 15.9 Å². The molecule has 3 rings (SSSR count). The molecule has 1 N–H and O–H groups in total. The van der Waals surface area contributed by atoms with Gasteiger partial charge in [-0.3, -0.25) is 0 Å². The number of hydrogen-bond donors (Lipinski definition) is 1. The lowest BCUT2D eigenvalue weighted by Crippen LogP contribution is -2.38. The van der Waals surface area contributed by atoms with Crippen LogP contribution < -0.4 is 5.32 Å². The molecule has 2 aliphatic carbocycles. The van der Waals surface area contributed by atoms with E-state index in [-0.39, 0.29) is 0 Å². The third-order valence-corrected chi connectivity index (χ3v) is 5.68. The number of hydrogen-bond acceptors (Lipinski definition) is 1. The summed E-state index contributed by atoms with van der Waals surface area (Å²) in [7, 11) is 0. The molecular formula is C17H24BrN. The van der Waals surface area contributed by atoms with E-state index in [2.05, 4.69) is 52.4 Å². The Balaban J connectivity index is 1.66. The second-order valence-electron chi connectivity index (χ2n) is 6.34. The van der Waals surface area contributed by atoms with Crippen molar-refractivity contribution in [2.75, 3.05) is 6.54 Å². The first kappa shape index (κ1) is 13.6. The first-order chi connectivity index (χ1) is 9.28. The predicted octanol–water partition coefficient (Wildman–Crippen LogP) is 4.41. The van der Waals surface area contributed by atoms with E-state index in [9.17, 15) is 0 Å². The zero-order valence-electron chi connectivity index (χ0n) is 11.7. The number of fused-ring (bicyclic) bond motifs is 1. The van der Waals surface area contributed by atoms with Crippen molar-refractivity contribution in [2.45, 2.75) is 45.1 Å². The lowest BCUT2D eigenvalue weighted by atomic mass is 9.89. The van der Waals surface area contributed by atoms with E-state index in [1.165, 1.54) is 42.1 Å². The Hall–Kier alpha value is -0.340. The average Bonchev–Trinajstić information content (AvgIpc) is 3.03. The van der Waals surface area contributed by atoms with Crippen LogP contribution in [-0.4, -0.2) is 12.6 Å². The zero-order valence-corrected chi connectivity index (χ0v) is 13.3. The van der Waals surface area contributed by atoms with E-state index >= 15 is 0 Å². The van der Waals surface area contributed by atoms with Crippen molar-refractivity contribution in [3.8, 4) is 0 Å². The van der Waals surface area contributed by atoms with Crippen LogP contribution in [-0.2, 0) is 6.42 Å². The average molecular weight is 322 g/mol. The molecule has 1 nitrogen and oxygen atoms in total. The molecule has 3 unspecified atom stereocenters. The molecule has 0 spiro atoms. The van der Waals surface area contributed by atoms with Crippen molar-refractivity contribution in [1.82, 2.24) is 5.32 Å². The van der Waals surface area contributed by atoms with E-state index in [0.717, 1.165) is 24.3 Å². The molecule has 19 heavy (non-hydrogen) atoms. The summed E-state index contributed by atoms with van der Waals surface area (Å²) in [6, 6.07) is 9.36. The molecule has 0 amide bonds. The van der Waals surface area contributed by atoms with Gasteiger partial charge in [-0.05, 0) is 68.0 Å². The van der Waals surface area contributed by atoms with Crippen LogP contribution in [0.4, 0.5) is 0 Å². The van der Waals surface area contributed by atoms with Crippen molar-refractivity contribution in [2.24, 2.45) is 17.8 Å². The molecule has 0 bridgehead atoms. The van der Waals surface area contributed by atoms with Crippen LogP contribution in [0.2, 0.25) is 0 Å². The predicted molar refractivity (Wildman–Crippen MR) is 84.2 cm³/mol. The van der Waals surface area contributed by atoms with Crippen molar-refractivity contribution in [1.29, 1.82) is 0 Å². The van der Waals surface area contributed by atoms with Gasteiger partial charge < -0.3 is 5.32 Å². The van der Waals surface area contributed by atoms with Gasteiger partial charge in [0.05, 0.1) is 0 Å². The molecule has 0 heterocycles. The van der Waals surface area contributed by atoms with Gasteiger partial charge in [0.15, 0.2) is 0 Å². The second-order valence-corrected chi connectivity index (χ2v) is 7.20. The molecule has 0 aromatic heterocycles. The summed E-state index contributed by atoms with van der Waals surface area (Å²) >= 11 is 3.69. The summed E-state index contributed by atoms with van der Waals surface area (Å²) in [5.74, 6) is 3.06. The molecule has 3 atom stereocenters. The molecular weight excluding hydrogens is 298 g/mol. The highest BCUT2D eigenvalue weighted by Gasteiger charge is 2.47. The molecule has 1 aromatic carbocycles. The van der Waals surface area contributed by atoms with Crippen LogP contribution in [0.25, 0.3) is 0 Å². The van der Waals surface area contributed by atoms with Crippen LogP contribution in [0, 0.1) is 17.8 Å². The fraction of sp³-hybridized carbons (Fsp3) is 0.647. The Labute approximate surface area is 125 Å². The fourth-order valence-electron chi connectivity index (χ4n) is 3.73. The van der Waals surface area contributed by atoms with Gasteiger partial charge >= 0.3 is 0 Å². The number of halogens is 1. The molecule has 2 aliphatic rings. The summed E-state index contributed by atoms with van der Waals surface area (Å²) in [6.07, 6.45) is 6.86. The van der Waals surface area contributed by atoms with Crippen molar-refractivity contribution >= 4 is 15.9 Å². The lowest BCUT2D eigenvalue weighted by Gasteiger charge is -2.26. The fourth-order valence-corrected chi connectivity index (χ4v) is 4.17. The zero-order chi connectivity index (χ0) is 13.2. The minimum atomic E-state index is 0.673. The van der Waals surface area contributed by atoms with E-state index < -0.39 is 0 Å². The summed E-state index contributed by atoms with van der Waals surface area (Å²) in [5, 5.41) is 3.81. The van der Waals surface area contributed by atoms with Crippen molar-refractivity contribution in [3.63, 3.8) is 0 Å². The topological polar surface area (TPSA) is 12.0 Å². The smallest absolute Gasteiger partial charge is 0.0207 e. The lowest BCUT2D eigenvalue weighted by molar-refractivity contribution is 0.332. The molecule has 104 valence electrons. The van der Waals surface area contributed by atoms with E-state index in [1.54, 1.807) is 0 Å². The maximum absolute atomic E-state index is 3.81. The Kier molecular flexibility index (Phi) is 4.28. The summed E-state index contributed by atoms with van der Waals surface area (Å²) in [4.78, 5) is 0. The van der Waals surface area contributed by atoms with E-state index in [0.29, 0.717) is 6.04 Å². The highest BCUT2D eigenvalue weighted by Crippen LogP contribution is 2.55. The van der Waals surface area contributed by atoms with Gasteiger partial charge in [0, 0.05) is 10.5 Å². The minimum absolute atomic E-state index is 0.673. The largest absolute Gasteiger partial charge is 0.313 e. The second kappa shape index (κ2) is 5.97. The van der Waals surface area contributed by atoms with Crippen molar-refractivity contribution < 1.29 is 0 Å². The first-order valence-electron chi connectivity index (χ1n) is 7.74. The summed E-state index contributed by atoms with van der Waals surface area (Å²) in [6.45, 7) is 3.41. The SMILES string of the molecule is CCCNC(Cc1ccccc1Br)C1CC2CC2C1. The number of rotatable bonds is 6. The van der Waals surface area contributed by atoms with Gasteiger partial charge in [-0.25, -0.2) is 0 Å². The maximum atomic E-state index is 3.81. The highest BCUT2D eigenvalue weighted by atomic mass is 79.9.